The number of piperidine rings is 1. The van der Waals surface area contributed by atoms with Crippen LogP contribution in [0.2, 0.25) is 0 Å². The van der Waals surface area contributed by atoms with Gasteiger partial charge in [0.25, 0.3) is 0 Å². The highest BCUT2D eigenvalue weighted by molar-refractivity contribution is 4.88. The number of hydrogen-bond acceptors (Lipinski definition) is 1. The molecule has 1 saturated heterocycles. The predicted octanol–water partition coefficient (Wildman–Crippen LogP) is 4.43. The van der Waals surface area contributed by atoms with Gasteiger partial charge in [0.05, 0.1) is 0 Å². The van der Waals surface area contributed by atoms with Crippen LogP contribution in [-0.2, 0) is 0 Å². The summed E-state index contributed by atoms with van der Waals surface area (Å²) in [7, 11) is 0. The molecule has 1 nitrogen and oxygen atoms in total. The zero-order chi connectivity index (χ0) is 13.2. The standard InChI is InChI=1S/C16H33N/c1-12(2)14-8-10-17(11-9-14)15(13(3)4)16(5,6)7/h12-15H,8-11H2,1-7H3. The maximum Gasteiger partial charge on any atom is 0.0167 e. The summed E-state index contributed by atoms with van der Waals surface area (Å²) in [5.41, 5.74) is 0.402. The topological polar surface area (TPSA) is 3.24 Å². The Labute approximate surface area is 109 Å². The molecule has 0 amide bonds. The first-order valence-corrected chi connectivity index (χ1v) is 7.47. The van der Waals surface area contributed by atoms with Crippen LogP contribution in [0.15, 0.2) is 0 Å². The predicted molar refractivity (Wildman–Crippen MR) is 77.2 cm³/mol. The molecule has 0 aromatic carbocycles. The molecule has 102 valence electrons. The van der Waals surface area contributed by atoms with Crippen molar-refractivity contribution in [2.75, 3.05) is 13.1 Å². The minimum atomic E-state index is 0.402. The third-order valence-corrected chi connectivity index (χ3v) is 4.43. The van der Waals surface area contributed by atoms with E-state index in [1.165, 1.54) is 25.9 Å². The fourth-order valence-corrected chi connectivity index (χ4v) is 3.83. The average molecular weight is 239 g/mol. The normalized spacial score (nSPS) is 22.4. The number of rotatable bonds is 3. The van der Waals surface area contributed by atoms with E-state index in [2.05, 4.69) is 53.4 Å². The summed E-state index contributed by atoms with van der Waals surface area (Å²) < 4.78 is 0. The molecule has 0 bridgehead atoms. The zero-order valence-corrected chi connectivity index (χ0v) is 13.1. The monoisotopic (exact) mass is 239 g/mol. The van der Waals surface area contributed by atoms with E-state index < -0.39 is 0 Å². The van der Waals surface area contributed by atoms with Crippen molar-refractivity contribution in [3.05, 3.63) is 0 Å². The van der Waals surface area contributed by atoms with Gasteiger partial charge in [0.15, 0.2) is 0 Å². The van der Waals surface area contributed by atoms with E-state index in [4.69, 9.17) is 0 Å². The maximum atomic E-state index is 2.75. The summed E-state index contributed by atoms with van der Waals surface area (Å²) in [6.07, 6.45) is 2.80. The molecule has 0 saturated carbocycles. The second-order valence-electron chi connectivity index (χ2n) is 7.67. The van der Waals surface area contributed by atoms with Gasteiger partial charge in [-0.1, -0.05) is 48.5 Å². The molecule has 1 unspecified atom stereocenters. The van der Waals surface area contributed by atoms with Crippen LogP contribution >= 0.6 is 0 Å². The molecule has 0 N–H and O–H groups in total. The minimum Gasteiger partial charge on any atom is -0.300 e. The second-order valence-corrected chi connectivity index (χ2v) is 7.67. The lowest BCUT2D eigenvalue weighted by atomic mass is 9.77. The van der Waals surface area contributed by atoms with Crippen molar-refractivity contribution < 1.29 is 0 Å². The van der Waals surface area contributed by atoms with Crippen molar-refractivity contribution in [1.29, 1.82) is 0 Å². The molecule has 1 atom stereocenters. The van der Waals surface area contributed by atoms with E-state index in [-0.39, 0.29) is 0 Å². The summed E-state index contributed by atoms with van der Waals surface area (Å²) in [5.74, 6) is 2.58. The first-order chi connectivity index (χ1) is 7.73. The third kappa shape index (κ3) is 3.98. The highest BCUT2D eigenvalue weighted by atomic mass is 15.2. The van der Waals surface area contributed by atoms with Crippen LogP contribution in [0.4, 0.5) is 0 Å². The Bertz CT molecular complexity index is 216. The molecule has 1 aliphatic heterocycles. The maximum absolute atomic E-state index is 2.75. The van der Waals surface area contributed by atoms with Gasteiger partial charge in [0.2, 0.25) is 0 Å². The quantitative estimate of drug-likeness (QED) is 0.704. The molecule has 0 aromatic heterocycles. The van der Waals surface area contributed by atoms with Gasteiger partial charge >= 0.3 is 0 Å². The van der Waals surface area contributed by atoms with Gasteiger partial charge in [0.1, 0.15) is 0 Å². The van der Waals surface area contributed by atoms with E-state index in [1.54, 1.807) is 0 Å². The Hall–Kier alpha value is -0.0400. The van der Waals surface area contributed by atoms with Crippen LogP contribution in [0.25, 0.3) is 0 Å². The Morgan fingerprint density at radius 1 is 0.941 bits per heavy atom. The van der Waals surface area contributed by atoms with E-state index in [0.29, 0.717) is 5.41 Å². The van der Waals surface area contributed by atoms with Crippen molar-refractivity contribution in [3.63, 3.8) is 0 Å². The molecule has 0 aliphatic carbocycles. The molecule has 1 rings (SSSR count). The second kappa shape index (κ2) is 5.73. The Morgan fingerprint density at radius 2 is 1.41 bits per heavy atom. The first kappa shape index (κ1) is 15.0. The van der Waals surface area contributed by atoms with Crippen LogP contribution < -0.4 is 0 Å². The summed E-state index contributed by atoms with van der Waals surface area (Å²) in [5, 5.41) is 0. The van der Waals surface area contributed by atoms with Gasteiger partial charge in [0, 0.05) is 6.04 Å². The molecule has 1 heterocycles. The zero-order valence-electron chi connectivity index (χ0n) is 13.1. The molecule has 1 fully saturated rings. The van der Waals surface area contributed by atoms with Crippen molar-refractivity contribution in [2.24, 2.45) is 23.2 Å². The Kier molecular flexibility index (Phi) is 5.07. The van der Waals surface area contributed by atoms with Crippen LogP contribution in [-0.4, -0.2) is 24.0 Å². The SMILES string of the molecule is CC(C)C1CCN(C(C(C)C)C(C)(C)C)CC1. The fourth-order valence-electron chi connectivity index (χ4n) is 3.83. The lowest BCUT2D eigenvalue weighted by molar-refractivity contribution is 0.0283. The van der Waals surface area contributed by atoms with Crippen LogP contribution in [0.5, 0.6) is 0 Å². The molecule has 1 heteroatoms. The number of likely N-dealkylation sites (tertiary alicyclic amines) is 1. The van der Waals surface area contributed by atoms with E-state index in [1.807, 2.05) is 0 Å². The number of hydrogen-bond donors (Lipinski definition) is 0. The van der Waals surface area contributed by atoms with E-state index >= 15 is 0 Å². The van der Waals surface area contributed by atoms with Gasteiger partial charge in [-0.15, -0.1) is 0 Å². The molecule has 17 heavy (non-hydrogen) atoms. The Morgan fingerprint density at radius 3 is 1.71 bits per heavy atom. The lowest BCUT2D eigenvalue weighted by Gasteiger charge is -2.46. The van der Waals surface area contributed by atoms with Gasteiger partial charge in [-0.2, -0.15) is 0 Å². The summed E-state index contributed by atoms with van der Waals surface area (Å²) in [4.78, 5) is 2.75. The third-order valence-electron chi connectivity index (χ3n) is 4.43. The van der Waals surface area contributed by atoms with Gasteiger partial charge < -0.3 is 0 Å². The van der Waals surface area contributed by atoms with Gasteiger partial charge in [-0.05, 0) is 49.1 Å². The van der Waals surface area contributed by atoms with Gasteiger partial charge in [-0.25, -0.2) is 0 Å². The van der Waals surface area contributed by atoms with Gasteiger partial charge in [-0.3, -0.25) is 4.90 Å². The Balaban J connectivity index is 2.62. The van der Waals surface area contributed by atoms with E-state index in [0.717, 1.165) is 23.8 Å². The largest absolute Gasteiger partial charge is 0.300 e. The minimum absolute atomic E-state index is 0.402. The molecule has 0 radical (unpaired) electrons. The van der Waals surface area contributed by atoms with Crippen molar-refractivity contribution in [1.82, 2.24) is 4.90 Å². The van der Waals surface area contributed by atoms with E-state index in [9.17, 15) is 0 Å². The molecular formula is C16H33N. The lowest BCUT2D eigenvalue weighted by Crippen LogP contribution is -2.50. The van der Waals surface area contributed by atoms with Crippen LogP contribution in [0.1, 0.15) is 61.3 Å². The molecule has 0 aromatic rings. The first-order valence-electron chi connectivity index (χ1n) is 7.47. The molecule has 0 spiro atoms. The van der Waals surface area contributed by atoms with Crippen molar-refractivity contribution in [3.8, 4) is 0 Å². The number of nitrogens with zero attached hydrogens (tertiary/aromatic N) is 1. The smallest absolute Gasteiger partial charge is 0.0167 e. The average Bonchev–Trinajstić information content (AvgIpc) is 2.15. The van der Waals surface area contributed by atoms with Crippen LogP contribution in [0.3, 0.4) is 0 Å². The summed E-state index contributed by atoms with van der Waals surface area (Å²) in [6, 6.07) is 0.732. The highest BCUT2D eigenvalue weighted by Gasteiger charge is 2.35. The van der Waals surface area contributed by atoms with Crippen LogP contribution in [0, 0.1) is 23.2 Å². The highest BCUT2D eigenvalue weighted by Crippen LogP contribution is 2.34. The molecular weight excluding hydrogens is 206 g/mol. The summed E-state index contributed by atoms with van der Waals surface area (Å²) >= 11 is 0. The van der Waals surface area contributed by atoms with Crippen molar-refractivity contribution in [2.45, 2.75) is 67.3 Å². The molecule has 1 aliphatic rings. The van der Waals surface area contributed by atoms with Crippen molar-refractivity contribution >= 4 is 0 Å². The summed E-state index contributed by atoms with van der Waals surface area (Å²) in [6.45, 7) is 19.3. The fraction of sp³-hybridized carbons (Fsp3) is 1.00.